The highest BCUT2D eigenvalue weighted by atomic mass is 16.5. The van der Waals surface area contributed by atoms with Crippen LogP contribution in [0.5, 0.6) is 5.75 Å². The maximum atomic E-state index is 10.7. The third kappa shape index (κ3) is 3.37. The molecule has 0 bridgehead atoms. The van der Waals surface area contributed by atoms with Gasteiger partial charge in [-0.05, 0) is 42.8 Å². The Balaban J connectivity index is 1.80. The van der Waals surface area contributed by atoms with Gasteiger partial charge in [0, 0.05) is 11.1 Å². The summed E-state index contributed by atoms with van der Waals surface area (Å²) in [6.07, 6.45) is 0. The van der Waals surface area contributed by atoms with Gasteiger partial charge in [-0.1, -0.05) is 23.4 Å². The summed E-state index contributed by atoms with van der Waals surface area (Å²) in [6, 6.07) is 14.9. The Labute approximate surface area is 132 Å². The van der Waals surface area contributed by atoms with E-state index in [1.807, 2.05) is 31.2 Å². The van der Waals surface area contributed by atoms with Crippen molar-refractivity contribution in [1.82, 2.24) is 10.1 Å². The molecule has 1 amide bonds. The van der Waals surface area contributed by atoms with Crippen molar-refractivity contribution in [3.8, 4) is 28.6 Å². The van der Waals surface area contributed by atoms with E-state index in [4.69, 9.17) is 15.0 Å². The molecule has 0 spiro atoms. The van der Waals surface area contributed by atoms with Crippen LogP contribution < -0.4 is 10.5 Å². The molecule has 2 N–H and O–H groups in total. The molecule has 2 aromatic carbocycles. The average molecular weight is 309 g/mol. The number of nitrogens with zero attached hydrogens (tertiary/aromatic N) is 2. The topological polar surface area (TPSA) is 91.2 Å². The van der Waals surface area contributed by atoms with E-state index < -0.39 is 5.91 Å². The standard InChI is InChI=1S/C17H15N3O3/c1-11-4-2-3-5-14(11)17-19-16(20-23-17)12-6-8-13(9-7-12)22-10-15(18)21/h2-9H,10H2,1H3,(H2,18,21). The fourth-order valence-corrected chi connectivity index (χ4v) is 2.12. The molecule has 0 radical (unpaired) electrons. The van der Waals surface area contributed by atoms with Crippen LogP contribution in [0.1, 0.15) is 5.56 Å². The van der Waals surface area contributed by atoms with E-state index in [0.29, 0.717) is 17.5 Å². The maximum absolute atomic E-state index is 10.7. The predicted molar refractivity (Wildman–Crippen MR) is 84.6 cm³/mol. The summed E-state index contributed by atoms with van der Waals surface area (Å²) in [7, 11) is 0. The number of rotatable bonds is 5. The monoisotopic (exact) mass is 309 g/mol. The van der Waals surface area contributed by atoms with Crippen molar-refractivity contribution in [2.75, 3.05) is 6.61 Å². The first-order valence-electron chi connectivity index (χ1n) is 7.05. The first-order valence-corrected chi connectivity index (χ1v) is 7.05. The first-order chi connectivity index (χ1) is 11.1. The summed E-state index contributed by atoms with van der Waals surface area (Å²) in [4.78, 5) is 15.1. The normalized spacial score (nSPS) is 10.5. The Bertz CT molecular complexity index is 825. The second-order valence-electron chi connectivity index (χ2n) is 5.02. The highest BCUT2D eigenvalue weighted by Gasteiger charge is 2.12. The summed E-state index contributed by atoms with van der Waals surface area (Å²) >= 11 is 0. The lowest BCUT2D eigenvalue weighted by atomic mass is 10.1. The van der Waals surface area contributed by atoms with E-state index in [2.05, 4.69) is 10.1 Å². The number of carbonyl (C=O) groups excluding carboxylic acids is 1. The Morgan fingerprint density at radius 3 is 2.61 bits per heavy atom. The van der Waals surface area contributed by atoms with Crippen LogP contribution in [0.3, 0.4) is 0 Å². The zero-order chi connectivity index (χ0) is 16.2. The van der Waals surface area contributed by atoms with Gasteiger partial charge in [-0.15, -0.1) is 0 Å². The molecule has 6 heteroatoms. The lowest BCUT2D eigenvalue weighted by Gasteiger charge is -2.03. The van der Waals surface area contributed by atoms with Gasteiger partial charge in [-0.25, -0.2) is 0 Å². The van der Waals surface area contributed by atoms with Crippen LogP contribution in [-0.2, 0) is 4.79 Å². The lowest BCUT2D eigenvalue weighted by Crippen LogP contribution is -2.19. The number of benzene rings is 2. The number of aryl methyl sites for hydroxylation is 1. The van der Waals surface area contributed by atoms with Crippen LogP contribution in [-0.4, -0.2) is 22.7 Å². The van der Waals surface area contributed by atoms with Crippen LogP contribution in [0.2, 0.25) is 0 Å². The van der Waals surface area contributed by atoms with Gasteiger partial charge in [0.1, 0.15) is 5.75 Å². The van der Waals surface area contributed by atoms with Crippen LogP contribution >= 0.6 is 0 Å². The van der Waals surface area contributed by atoms with Crippen LogP contribution in [0, 0.1) is 6.92 Å². The van der Waals surface area contributed by atoms with Gasteiger partial charge in [0.25, 0.3) is 11.8 Å². The molecule has 0 fully saturated rings. The molecular formula is C17H15N3O3. The van der Waals surface area contributed by atoms with Crippen molar-refractivity contribution in [1.29, 1.82) is 0 Å². The number of hydrogen-bond donors (Lipinski definition) is 1. The van der Waals surface area contributed by atoms with Gasteiger partial charge in [0.15, 0.2) is 6.61 Å². The Morgan fingerprint density at radius 1 is 1.17 bits per heavy atom. The summed E-state index contributed by atoms with van der Waals surface area (Å²) in [5.74, 6) is 1.00. The molecule has 0 aliphatic carbocycles. The lowest BCUT2D eigenvalue weighted by molar-refractivity contribution is -0.119. The second kappa shape index (κ2) is 6.31. The van der Waals surface area contributed by atoms with Crippen LogP contribution in [0.15, 0.2) is 53.1 Å². The maximum Gasteiger partial charge on any atom is 0.258 e. The molecule has 0 aliphatic heterocycles. The molecule has 0 aliphatic rings. The molecule has 6 nitrogen and oxygen atoms in total. The number of amides is 1. The SMILES string of the molecule is Cc1ccccc1-c1nc(-c2ccc(OCC(N)=O)cc2)no1. The van der Waals surface area contributed by atoms with E-state index in [0.717, 1.165) is 16.7 Å². The van der Waals surface area contributed by atoms with Gasteiger partial charge in [-0.3, -0.25) is 4.79 Å². The van der Waals surface area contributed by atoms with Crippen LogP contribution in [0.25, 0.3) is 22.8 Å². The third-order valence-electron chi connectivity index (χ3n) is 3.30. The van der Waals surface area contributed by atoms with E-state index in [-0.39, 0.29) is 6.61 Å². The molecule has 3 aromatic rings. The molecule has 1 heterocycles. The number of carbonyl (C=O) groups is 1. The van der Waals surface area contributed by atoms with Gasteiger partial charge in [0.05, 0.1) is 0 Å². The van der Waals surface area contributed by atoms with E-state index in [1.54, 1.807) is 24.3 Å². The zero-order valence-corrected chi connectivity index (χ0v) is 12.5. The zero-order valence-electron chi connectivity index (χ0n) is 12.5. The molecule has 23 heavy (non-hydrogen) atoms. The fourth-order valence-electron chi connectivity index (χ4n) is 2.12. The van der Waals surface area contributed by atoms with Crippen LogP contribution in [0.4, 0.5) is 0 Å². The summed E-state index contributed by atoms with van der Waals surface area (Å²) < 4.78 is 10.6. The van der Waals surface area contributed by atoms with Gasteiger partial charge >= 0.3 is 0 Å². The molecule has 0 atom stereocenters. The first kappa shape index (κ1) is 14.8. The molecule has 116 valence electrons. The molecular weight excluding hydrogens is 294 g/mol. The average Bonchev–Trinajstić information content (AvgIpc) is 3.03. The number of hydrogen-bond acceptors (Lipinski definition) is 5. The number of primary amides is 1. The van der Waals surface area contributed by atoms with E-state index in [9.17, 15) is 4.79 Å². The van der Waals surface area contributed by atoms with Crippen molar-refractivity contribution < 1.29 is 14.1 Å². The van der Waals surface area contributed by atoms with E-state index in [1.165, 1.54) is 0 Å². The Kier molecular flexibility index (Phi) is 4.05. The fraction of sp³-hybridized carbons (Fsp3) is 0.118. The molecule has 0 saturated carbocycles. The third-order valence-corrected chi connectivity index (χ3v) is 3.30. The summed E-state index contributed by atoms with van der Waals surface area (Å²) in [6.45, 7) is 1.84. The second-order valence-corrected chi connectivity index (χ2v) is 5.02. The molecule has 1 aromatic heterocycles. The van der Waals surface area contributed by atoms with Crippen molar-refractivity contribution in [2.24, 2.45) is 5.73 Å². The Morgan fingerprint density at radius 2 is 1.91 bits per heavy atom. The highest BCUT2D eigenvalue weighted by molar-refractivity contribution is 5.75. The minimum atomic E-state index is -0.518. The molecule has 0 unspecified atom stereocenters. The van der Waals surface area contributed by atoms with Gasteiger partial charge in [0.2, 0.25) is 5.82 Å². The van der Waals surface area contributed by atoms with Crippen molar-refractivity contribution in [2.45, 2.75) is 6.92 Å². The summed E-state index contributed by atoms with van der Waals surface area (Å²) in [5.41, 5.74) is 7.80. The minimum Gasteiger partial charge on any atom is -0.484 e. The van der Waals surface area contributed by atoms with Gasteiger partial charge in [-0.2, -0.15) is 4.98 Å². The van der Waals surface area contributed by atoms with Gasteiger partial charge < -0.3 is 15.0 Å². The van der Waals surface area contributed by atoms with Crippen molar-refractivity contribution in [3.05, 3.63) is 54.1 Å². The quantitative estimate of drug-likeness (QED) is 0.782. The Hall–Kier alpha value is -3.15. The minimum absolute atomic E-state index is 0.154. The predicted octanol–water partition coefficient (Wildman–Crippen LogP) is 2.58. The van der Waals surface area contributed by atoms with Crippen molar-refractivity contribution >= 4 is 5.91 Å². The number of ether oxygens (including phenoxy) is 1. The van der Waals surface area contributed by atoms with E-state index >= 15 is 0 Å². The highest BCUT2D eigenvalue weighted by Crippen LogP contribution is 2.25. The summed E-state index contributed by atoms with van der Waals surface area (Å²) in [5, 5.41) is 4.01. The number of nitrogens with two attached hydrogens (primary N) is 1. The van der Waals surface area contributed by atoms with Crippen molar-refractivity contribution in [3.63, 3.8) is 0 Å². The molecule has 3 rings (SSSR count). The number of aromatic nitrogens is 2. The molecule has 0 saturated heterocycles. The smallest absolute Gasteiger partial charge is 0.258 e. The largest absolute Gasteiger partial charge is 0.484 e.